The number of allylic oxidation sites excluding steroid dienone is 4. The zero-order valence-corrected chi connectivity index (χ0v) is 13.8. The monoisotopic (exact) mass is 326 g/mol. The van der Waals surface area contributed by atoms with Crippen molar-refractivity contribution >= 4 is 23.1 Å². The van der Waals surface area contributed by atoms with E-state index in [1.807, 2.05) is 13.8 Å². The third-order valence-corrected chi connectivity index (χ3v) is 4.87. The van der Waals surface area contributed by atoms with Gasteiger partial charge in [-0.05, 0) is 36.7 Å². The maximum absolute atomic E-state index is 12.1. The molecule has 24 heavy (non-hydrogen) atoms. The molecule has 0 N–H and O–H groups in total. The topological polar surface area (TPSA) is 95.3 Å². The van der Waals surface area contributed by atoms with Crippen LogP contribution in [0.1, 0.15) is 39.5 Å². The normalized spacial score (nSPS) is 24.3. The van der Waals surface area contributed by atoms with E-state index >= 15 is 0 Å². The number of rotatable bonds is 1. The second-order valence-corrected chi connectivity index (χ2v) is 7.32. The van der Waals surface area contributed by atoms with E-state index in [1.54, 1.807) is 0 Å². The van der Waals surface area contributed by atoms with Crippen LogP contribution in [0.4, 0.5) is 0 Å². The molecule has 0 aromatic heterocycles. The van der Waals surface area contributed by atoms with E-state index < -0.39 is 23.1 Å². The summed E-state index contributed by atoms with van der Waals surface area (Å²) in [4.78, 5) is 49.6. The molecule has 1 saturated carbocycles. The first-order valence-corrected chi connectivity index (χ1v) is 8.06. The molecule has 0 bridgehead atoms. The molecule has 1 heterocycles. The van der Waals surface area contributed by atoms with Gasteiger partial charge in [0.1, 0.15) is 6.07 Å². The highest BCUT2D eigenvalue weighted by Crippen LogP contribution is 2.45. The summed E-state index contributed by atoms with van der Waals surface area (Å²) >= 11 is 0. The summed E-state index contributed by atoms with van der Waals surface area (Å²) in [6.07, 6.45) is 3.05. The first kappa shape index (κ1) is 16.3. The number of hydrogen-bond acceptors (Lipinski definition) is 6. The molecule has 0 spiro atoms. The second-order valence-electron chi connectivity index (χ2n) is 7.32. The van der Waals surface area contributed by atoms with Gasteiger partial charge in [-0.3, -0.25) is 19.2 Å². The maximum atomic E-state index is 12.1. The number of nitriles is 1. The fourth-order valence-corrected chi connectivity index (χ4v) is 3.76. The maximum Gasteiger partial charge on any atom is 0.277 e. The Labute approximate surface area is 139 Å². The Balaban J connectivity index is 2.24. The van der Waals surface area contributed by atoms with Gasteiger partial charge >= 0.3 is 0 Å². The van der Waals surface area contributed by atoms with E-state index in [2.05, 4.69) is 11.0 Å². The molecule has 2 fully saturated rings. The molecular formula is C18H18N2O4. The minimum atomic E-state index is -1.29. The highest BCUT2D eigenvalue weighted by Gasteiger charge is 2.47. The Morgan fingerprint density at radius 2 is 1.46 bits per heavy atom. The molecule has 1 aliphatic heterocycles. The van der Waals surface area contributed by atoms with Crippen molar-refractivity contribution in [1.82, 2.24) is 4.90 Å². The average molecular weight is 326 g/mol. The molecule has 6 nitrogen and oxygen atoms in total. The smallest absolute Gasteiger partial charge is 0.277 e. The first-order valence-electron chi connectivity index (χ1n) is 8.06. The van der Waals surface area contributed by atoms with Gasteiger partial charge in [0, 0.05) is 18.8 Å². The quantitative estimate of drug-likeness (QED) is 0.409. The van der Waals surface area contributed by atoms with Gasteiger partial charge in [-0.1, -0.05) is 13.8 Å². The van der Waals surface area contributed by atoms with Crippen LogP contribution in [0.5, 0.6) is 0 Å². The van der Waals surface area contributed by atoms with Crippen LogP contribution in [-0.4, -0.2) is 41.1 Å². The molecule has 2 aliphatic carbocycles. The van der Waals surface area contributed by atoms with Gasteiger partial charge in [0.25, 0.3) is 11.6 Å². The molecule has 3 aliphatic rings. The number of hydrogen-bond donors (Lipinski definition) is 0. The molecule has 0 atom stereocenters. The van der Waals surface area contributed by atoms with Crippen molar-refractivity contribution in [3.05, 3.63) is 22.4 Å². The van der Waals surface area contributed by atoms with Crippen molar-refractivity contribution in [2.24, 2.45) is 5.41 Å². The number of Topliss-reactive ketones (excluding diaryl/α,β-unsaturated/α-hetero) is 4. The van der Waals surface area contributed by atoms with Crippen LogP contribution in [0.2, 0.25) is 0 Å². The Hall–Kier alpha value is -2.55. The molecule has 1 saturated heterocycles. The second kappa shape index (κ2) is 5.52. The number of carbonyl (C=O) groups is 4. The van der Waals surface area contributed by atoms with Gasteiger partial charge in [0.2, 0.25) is 11.6 Å². The van der Waals surface area contributed by atoms with E-state index in [1.165, 1.54) is 0 Å². The lowest BCUT2D eigenvalue weighted by Crippen LogP contribution is -2.31. The third-order valence-electron chi connectivity index (χ3n) is 4.87. The Kier molecular flexibility index (Phi) is 3.75. The van der Waals surface area contributed by atoms with Crippen LogP contribution < -0.4 is 0 Å². The Bertz CT molecular complexity index is 758. The number of carbonyl (C=O) groups excluding carboxylic acids is 4. The predicted octanol–water partition coefficient (Wildman–Crippen LogP) is 1.27. The summed E-state index contributed by atoms with van der Waals surface area (Å²) in [6, 6.07) is 2.12. The van der Waals surface area contributed by atoms with Crippen molar-refractivity contribution in [1.29, 1.82) is 5.26 Å². The summed E-state index contributed by atoms with van der Waals surface area (Å²) < 4.78 is 0. The van der Waals surface area contributed by atoms with Crippen molar-refractivity contribution in [2.75, 3.05) is 13.1 Å². The molecule has 6 heteroatoms. The van der Waals surface area contributed by atoms with Crippen molar-refractivity contribution in [2.45, 2.75) is 39.5 Å². The zero-order chi connectivity index (χ0) is 17.6. The van der Waals surface area contributed by atoms with Crippen LogP contribution in [-0.2, 0) is 19.2 Å². The fourth-order valence-electron chi connectivity index (χ4n) is 3.76. The number of likely N-dealkylation sites (tertiary alicyclic amines) is 1. The molecule has 0 unspecified atom stereocenters. The van der Waals surface area contributed by atoms with Gasteiger partial charge in [-0.25, -0.2) is 0 Å². The predicted molar refractivity (Wildman–Crippen MR) is 83.5 cm³/mol. The van der Waals surface area contributed by atoms with Gasteiger partial charge in [0.15, 0.2) is 0 Å². The largest absolute Gasteiger partial charge is 0.374 e. The van der Waals surface area contributed by atoms with Gasteiger partial charge < -0.3 is 4.90 Å². The van der Waals surface area contributed by atoms with Crippen molar-refractivity contribution in [3.63, 3.8) is 0 Å². The van der Waals surface area contributed by atoms with E-state index in [0.717, 1.165) is 31.6 Å². The molecule has 124 valence electrons. The number of nitrogens with zero attached hydrogens (tertiary/aromatic N) is 2. The highest BCUT2D eigenvalue weighted by atomic mass is 16.2. The molecule has 0 radical (unpaired) electrons. The fraction of sp³-hybridized carbons (Fsp3) is 0.500. The zero-order valence-electron chi connectivity index (χ0n) is 13.8. The lowest BCUT2D eigenvalue weighted by Gasteiger charge is -2.37. The van der Waals surface area contributed by atoms with Crippen molar-refractivity contribution in [3.8, 4) is 6.07 Å². The molecule has 0 aromatic rings. The van der Waals surface area contributed by atoms with Gasteiger partial charge in [0.05, 0.1) is 11.1 Å². The van der Waals surface area contributed by atoms with E-state index in [-0.39, 0.29) is 22.1 Å². The molecule has 0 aromatic carbocycles. The molecule has 0 amide bonds. The minimum Gasteiger partial charge on any atom is -0.374 e. The standard InChI is InChI=1S/C18H18N2O4/c1-18(2)7-10(13-14(21)16(23)17(24)15(13)22)11(9-19)12(8-18)20-5-3-4-6-20/h3-8H2,1-2H3. The summed E-state index contributed by atoms with van der Waals surface area (Å²) in [5.74, 6) is -4.70. The van der Waals surface area contributed by atoms with E-state index in [9.17, 15) is 24.4 Å². The lowest BCUT2D eigenvalue weighted by atomic mass is 9.72. The van der Waals surface area contributed by atoms with Crippen molar-refractivity contribution < 1.29 is 19.2 Å². The van der Waals surface area contributed by atoms with E-state index in [4.69, 9.17) is 0 Å². The first-order chi connectivity index (χ1) is 11.3. The SMILES string of the molecule is CC1(C)CC(=C2C(=O)C(=O)C(=O)C2=O)C(C#N)=C(N2CCCC2)C1. The summed E-state index contributed by atoms with van der Waals surface area (Å²) in [6.45, 7) is 5.65. The van der Waals surface area contributed by atoms with E-state index in [0.29, 0.717) is 12.8 Å². The number of ketones is 4. The Morgan fingerprint density at radius 1 is 0.917 bits per heavy atom. The third kappa shape index (κ3) is 2.41. The summed E-state index contributed by atoms with van der Waals surface area (Å²) in [5, 5.41) is 9.67. The minimum absolute atomic E-state index is 0.268. The van der Waals surface area contributed by atoms with Gasteiger partial charge in [-0.2, -0.15) is 5.26 Å². The Morgan fingerprint density at radius 3 is 1.96 bits per heavy atom. The lowest BCUT2D eigenvalue weighted by molar-refractivity contribution is -0.142. The van der Waals surface area contributed by atoms with Crippen LogP contribution in [0.25, 0.3) is 0 Å². The molecule has 3 rings (SSSR count). The van der Waals surface area contributed by atoms with Crippen LogP contribution in [0.15, 0.2) is 22.4 Å². The highest BCUT2D eigenvalue weighted by molar-refractivity contribution is 6.91. The van der Waals surface area contributed by atoms with Crippen LogP contribution in [0, 0.1) is 16.7 Å². The van der Waals surface area contributed by atoms with Gasteiger partial charge in [-0.15, -0.1) is 0 Å². The summed E-state index contributed by atoms with van der Waals surface area (Å²) in [7, 11) is 0. The van der Waals surface area contributed by atoms with Crippen LogP contribution in [0.3, 0.4) is 0 Å². The summed E-state index contributed by atoms with van der Waals surface area (Å²) in [5.41, 5.74) is 0.725. The molecular weight excluding hydrogens is 308 g/mol. The van der Waals surface area contributed by atoms with Crippen LogP contribution >= 0.6 is 0 Å². The average Bonchev–Trinajstić information content (AvgIpc) is 3.11.